The van der Waals surface area contributed by atoms with Crippen LogP contribution in [0.5, 0.6) is 0 Å². The third-order valence-electron chi connectivity index (χ3n) is 9.44. The quantitative estimate of drug-likeness (QED) is 0.0563. The Balaban J connectivity index is 3.07. The second-order valence-electron chi connectivity index (χ2n) is 13.9. The largest absolute Gasteiger partial charge is 0.393 e. The Bertz CT molecular complexity index is 483. The molecule has 0 aliphatic rings. The molecule has 0 amide bonds. The van der Waals surface area contributed by atoms with Crippen LogP contribution >= 0.6 is 0 Å². The number of rotatable bonds is 37. The summed E-state index contributed by atoms with van der Waals surface area (Å²) < 4.78 is 0. The van der Waals surface area contributed by atoms with Crippen molar-refractivity contribution >= 4 is 0 Å². The van der Waals surface area contributed by atoms with E-state index in [2.05, 4.69) is 26.0 Å². The van der Waals surface area contributed by atoms with Gasteiger partial charge in [-0.25, -0.2) is 0 Å². The Labute approximate surface area is 267 Å². The number of aliphatic hydroxyl groups is 1. The molecule has 0 spiro atoms. The minimum absolute atomic E-state index is 0.0350. The summed E-state index contributed by atoms with van der Waals surface area (Å²) in [6, 6.07) is 0. The van der Waals surface area contributed by atoms with Crippen LogP contribution in [0.1, 0.15) is 245 Å². The molecule has 0 radical (unpaired) electrons. The Morgan fingerprint density at radius 1 is 0.310 bits per heavy atom. The lowest BCUT2D eigenvalue weighted by molar-refractivity contribution is 0.148. The van der Waals surface area contributed by atoms with Gasteiger partial charge in [-0.1, -0.05) is 225 Å². The zero-order valence-corrected chi connectivity index (χ0v) is 29.6. The van der Waals surface area contributed by atoms with Crippen molar-refractivity contribution in [2.24, 2.45) is 0 Å². The van der Waals surface area contributed by atoms with Crippen LogP contribution in [0.25, 0.3) is 0 Å². The van der Waals surface area contributed by atoms with Crippen LogP contribution < -0.4 is 0 Å². The summed E-state index contributed by atoms with van der Waals surface area (Å²) in [5, 5.41) is 9.90. The first-order valence-corrected chi connectivity index (χ1v) is 20.1. The highest BCUT2D eigenvalue weighted by molar-refractivity contribution is 4.81. The van der Waals surface area contributed by atoms with Crippen LogP contribution in [0, 0.1) is 0 Å². The SMILES string of the molecule is CCCC/C=C/CCCCCCCCCCCCCCCCCCCCCCCCCCCCCCC(O)CCCC. The van der Waals surface area contributed by atoms with Crippen LogP contribution in [0.4, 0.5) is 0 Å². The van der Waals surface area contributed by atoms with Crippen molar-refractivity contribution in [1.82, 2.24) is 0 Å². The predicted octanol–water partition coefficient (Wildman–Crippen LogP) is 15.0. The third kappa shape index (κ3) is 37.7. The van der Waals surface area contributed by atoms with Gasteiger partial charge in [0.2, 0.25) is 0 Å². The minimum atomic E-state index is -0.0350. The molecule has 0 aromatic rings. The number of allylic oxidation sites excluding steroid dienone is 2. The van der Waals surface area contributed by atoms with Gasteiger partial charge < -0.3 is 5.11 Å². The maximum atomic E-state index is 9.90. The normalized spacial score (nSPS) is 12.5. The lowest BCUT2D eigenvalue weighted by Gasteiger charge is -2.09. The van der Waals surface area contributed by atoms with Crippen molar-refractivity contribution in [3.8, 4) is 0 Å². The van der Waals surface area contributed by atoms with E-state index in [1.54, 1.807) is 0 Å². The van der Waals surface area contributed by atoms with Crippen LogP contribution in [-0.2, 0) is 0 Å². The van der Waals surface area contributed by atoms with E-state index in [1.165, 1.54) is 218 Å². The summed E-state index contributed by atoms with van der Waals surface area (Å²) >= 11 is 0. The molecule has 0 fully saturated rings. The summed E-state index contributed by atoms with van der Waals surface area (Å²) in [4.78, 5) is 0. The second kappa shape index (κ2) is 38.7. The minimum Gasteiger partial charge on any atom is -0.393 e. The molecule has 1 heteroatoms. The van der Waals surface area contributed by atoms with Gasteiger partial charge >= 0.3 is 0 Å². The molecule has 42 heavy (non-hydrogen) atoms. The van der Waals surface area contributed by atoms with Gasteiger partial charge in [0.15, 0.2) is 0 Å². The van der Waals surface area contributed by atoms with Crippen molar-refractivity contribution in [3.63, 3.8) is 0 Å². The zero-order valence-electron chi connectivity index (χ0n) is 29.6. The third-order valence-corrected chi connectivity index (χ3v) is 9.44. The van der Waals surface area contributed by atoms with E-state index in [4.69, 9.17) is 0 Å². The summed E-state index contributed by atoms with van der Waals surface area (Å²) in [5.41, 5.74) is 0. The van der Waals surface area contributed by atoms with Gasteiger partial charge in [0.25, 0.3) is 0 Å². The molecule has 0 saturated heterocycles. The maximum absolute atomic E-state index is 9.90. The fourth-order valence-electron chi connectivity index (χ4n) is 6.38. The Morgan fingerprint density at radius 3 is 0.857 bits per heavy atom. The number of hydrogen-bond acceptors (Lipinski definition) is 1. The fraction of sp³-hybridized carbons (Fsp3) is 0.951. The van der Waals surface area contributed by atoms with E-state index in [9.17, 15) is 5.11 Å². The van der Waals surface area contributed by atoms with E-state index in [0.29, 0.717) is 0 Å². The zero-order chi connectivity index (χ0) is 30.4. The highest BCUT2D eigenvalue weighted by Crippen LogP contribution is 2.17. The first-order valence-electron chi connectivity index (χ1n) is 20.1. The summed E-state index contributed by atoms with van der Waals surface area (Å²) in [7, 11) is 0. The molecule has 252 valence electrons. The topological polar surface area (TPSA) is 20.2 Å². The lowest BCUT2D eigenvalue weighted by Crippen LogP contribution is -2.05. The Morgan fingerprint density at radius 2 is 0.548 bits per heavy atom. The molecule has 0 aromatic carbocycles. The van der Waals surface area contributed by atoms with Gasteiger partial charge in [-0.05, 0) is 32.1 Å². The van der Waals surface area contributed by atoms with E-state index < -0.39 is 0 Å². The van der Waals surface area contributed by atoms with E-state index in [1.807, 2.05) is 0 Å². The summed E-state index contributed by atoms with van der Waals surface area (Å²) in [6.45, 7) is 4.48. The van der Waals surface area contributed by atoms with Crippen molar-refractivity contribution in [3.05, 3.63) is 12.2 Å². The molecule has 0 rings (SSSR count). The highest BCUT2D eigenvalue weighted by Gasteiger charge is 2.02. The van der Waals surface area contributed by atoms with Crippen LogP contribution in [0.3, 0.4) is 0 Å². The average molecular weight is 591 g/mol. The lowest BCUT2D eigenvalue weighted by atomic mass is 10.0. The predicted molar refractivity (Wildman–Crippen MR) is 193 cm³/mol. The van der Waals surface area contributed by atoms with Crippen molar-refractivity contribution < 1.29 is 5.11 Å². The molecule has 1 N–H and O–H groups in total. The second-order valence-corrected chi connectivity index (χ2v) is 13.9. The van der Waals surface area contributed by atoms with E-state index in [-0.39, 0.29) is 6.10 Å². The molecule has 0 heterocycles. The molecule has 1 unspecified atom stereocenters. The first kappa shape index (κ1) is 41.7. The molecule has 0 aromatic heterocycles. The molecular weight excluding hydrogens is 508 g/mol. The van der Waals surface area contributed by atoms with Crippen molar-refractivity contribution in [2.75, 3.05) is 0 Å². The molecular formula is C41H82O. The van der Waals surface area contributed by atoms with Crippen molar-refractivity contribution in [2.45, 2.75) is 251 Å². The average Bonchev–Trinajstić information content (AvgIpc) is 3.00. The van der Waals surface area contributed by atoms with Crippen molar-refractivity contribution in [1.29, 1.82) is 0 Å². The smallest absolute Gasteiger partial charge is 0.0540 e. The number of hydrogen-bond donors (Lipinski definition) is 1. The van der Waals surface area contributed by atoms with Crippen LogP contribution in [-0.4, -0.2) is 11.2 Å². The molecule has 0 saturated carbocycles. The Hall–Kier alpha value is -0.300. The molecule has 0 aliphatic heterocycles. The molecule has 1 atom stereocenters. The monoisotopic (exact) mass is 591 g/mol. The number of aliphatic hydroxyl groups excluding tert-OH is 1. The standard InChI is InChI=1S/C41H82O/c1-3-5-7-8-9-10-11-12-13-14-15-16-17-18-19-20-21-22-23-24-25-26-27-28-29-30-31-32-33-34-35-36-37-38-40-41(42)39-6-4-2/h8-9,41-42H,3-7,10-40H2,1-2H3/b9-8+. The maximum Gasteiger partial charge on any atom is 0.0540 e. The van der Waals surface area contributed by atoms with Gasteiger partial charge in [0.05, 0.1) is 6.10 Å². The fourth-order valence-corrected chi connectivity index (χ4v) is 6.38. The summed E-state index contributed by atoms with van der Waals surface area (Å²) in [5.74, 6) is 0. The van der Waals surface area contributed by atoms with Crippen LogP contribution in [0.2, 0.25) is 0 Å². The van der Waals surface area contributed by atoms with E-state index in [0.717, 1.165) is 12.8 Å². The first-order chi connectivity index (χ1) is 20.8. The van der Waals surface area contributed by atoms with Gasteiger partial charge in [0.1, 0.15) is 0 Å². The highest BCUT2D eigenvalue weighted by atomic mass is 16.3. The van der Waals surface area contributed by atoms with Gasteiger partial charge in [0, 0.05) is 0 Å². The van der Waals surface area contributed by atoms with E-state index >= 15 is 0 Å². The number of unbranched alkanes of at least 4 members (excludes halogenated alkanes) is 31. The Kier molecular flexibility index (Phi) is 38.4. The molecule has 0 bridgehead atoms. The van der Waals surface area contributed by atoms with Gasteiger partial charge in [-0.15, -0.1) is 0 Å². The molecule has 0 aliphatic carbocycles. The van der Waals surface area contributed by atoms with Gasteiger partial charge in [-0.2, -0.15) is 0 Å². The summed E-state index contributed by atoms with van der Waals surface area (Å²) in [6.07, 6.45) is 55.0. The van der Waals surface area contributed by atoms with Gasteiger partial charge in [-0.3, -0.25) is 0 Å². The van der Waals surface area contributed by atoms with Crippen LogP contribution in [0.15, 0.2) is 12.2 Å². The molecule has 1 nitrogen and oxygen atoms in total.